The molecule has 0 saturated heterocycles. The fraction of sp³-hybridized carbons (Fsp3) is 0.474. The first-order valence-corrected chi connectivity index (χ1v) is 8.66. The average molecular weight is 344 g/mol. The second-order valence-corrected chi connectivity index (χ2v) is 6.37. The van der Waals surface area contributed by atoms with E-state index in [9.17, 15) is 4.79 Å². The Bertz CT molecular complexity index is 762. The molecule has 1 amide bonds. The minimum Gasteiger partial charge on any atom is -0.492 e. The predicted octanol–water partition coefficient (Wildman–Crippen LogP) is 3.58. The van der Waals surface area contributed by atoms with Crippen molar-refractivity contribution in [3.8, 4) is 11.5 Å². The highest BCUT2D eigenvalue weighted by Crippen LogP contribution is 2.38. The normalized spacial score (nSPS) is 15.6. The van der Waals surface area contributed by atoms with Crippen molar-refractivity contribution in [3.63, 3.8) is 0 Å². The third-order valence-corrected chi connectivity index (χ3v) is 4.36. The predicted molar refractivity (Wildman–Crippen MR) is 94.3 cm³/mol. The summed E-state index contributed by atoms with van der Waals surface area (Å²) < 4.78 is 16.6. The van der Waals surface area contributed by atoms with Gasteiger partial charge in [0.25, 0.3) is 0 Å². The molecule has 0 spiro atoms. The van der Waals surface area contributed by atoms with Crippen molar-refractivity contribution in [2.45, 2.75) is 53.1 Å². The Kier molecular flexibility index (Phi) is 4.97. The molecule has 3 rings (SSSR count). The summed E-state index contributed by atoms with van der Waals surface area (Å²) in [7, 11) is 0. The number of amides is 1. The first-order chi connectivity index (χ1) is 12.0. The molecule has 1 atom stereocenters. The third kappa shape index (κ3) is 3.78. The Labute approximate surface area is 147 Å². The maximum atomic E-state index is 12.4. The van der Waals surface area contributed by atoms with Crippen LogP contribution in [0.25, 0.3) is 0 Å². The van der Waals surface area contributed by atoms with E-state index in [0.29, 0.717) is 30.9 Å². The van der Waals surface area contributed by atoms with Gasteiger partial charge in [-0.2, -0.15) is 0 Å². The zero-order valence-electron chi connectivity index (χ0n) is 15.1. The Morgan fingerprint density at radius 3 is 2.88 bits per heavy atom. The fourth-order valence-corrected chi connectivity index (χ4v) is 3.12. The van der Waals surface area contributed by atoms with E-state index < -0.39 is 0 Å². The van der Waals surface area contributed by atoms with E-state index >= 15 is 0 Å². The summed E-state index contributed by atoms with van der Waals surface area (Å²) in [5, 5.41) is 6.87. The van der Waals surface area contributed by atoms with Crippen molar-refractivity contribution in [3.05, 3.63) is 34.7 Å². The molecule has 1 aliphatic rings. The van der Waals surface area contributed by atoms with E-state index in [4.69, 9.17) is 14.0 Å². The van der Waals surface area contributed by atoms with Gasteiger partial charge in [-0.15, -0.1) is 0 Å². The fourth-order valence-electron chi connectivity index (χ4n) is 3.12. The monoisotopic (exact) mass is 344 g/mol. The molecule has 0 bridgehead atoms. The smallest absolute Gasteiger partial charge is 0.224 e. The number of aromatic nitrogens is 1. The minimum absolute atomic E-state index is 0.0769. The van der Waals surface area contributed by atoms with Crippen molar-refractivity contribution >= 4 is 11.6 Å². The van der Waals surface area contributed by atoms with Crippen LogP contribution in [0.15, 0.2) is 16.7 Å². The zero-order chi connectivity index (χ0) is 18.0. The van der Waals surface area contributed by atoms with E-state index in [0.717, 1.165) is 34.8 Å². The molecule has 25 heavy (non-hydrogen) atoms. The second-order valence-electron chi connectivity index (χ2n) is 6.37. The van der Waals surface area contributed by atoms with Crippen molar-refractivity contribution in [1.29, 1.82) is 0 Å². The Balaban J connectivity index is 1.71. The zero-order valence-corrected chi connectivity index (χ0v) is 15.1. The van der Waals surface area contributed by atoms with Crippen LogP contribution in [0.2, 0.25) is 0 Å². The van der Waals surface area contributed by atoms with E-state index in [1.54, 1.807) is 0 Å². The SMILES string of the molecule is CCOc1cc2c(cc1NC(=O)CCc1c(C)noc1C)O[C@@H](C)C2. The van der Waals surface area contributed by atoms with Gasteiger partial charge in [0.2, 0.25) is 5.91 Å². The molecule has 1 aliphatic heterocycles. The number of hydrogen-bond acceptors (Lipinski definition) is 5. The number of fused-ring (bicyclic) bond motifs is 1. The molecule has 0 fully saturated rings. The van der Waals surface area contributed by atoms with E-state index in [2.05, 4.69) is 10.5 Å². The number of hydrogen-bond donors (Lipinski definition) is 1. The first-order valence-electron chi connectivity index (χ1n) is 8.66. The molecule has 0 radical (unpaired) electrons. The van der Waals surface area contributed by atoms with Crippen molar-refractivity contribution in [2.75, 3.05) is 11.9 Å². The highest BCUT2D eigenvalue weighted by molar-refractivity contribution is 5.93. The summed E-state index contributed by atoms with van der Waals surface area (Å²) in [5.74, 6) is 2.19. The molecule has 1 N–H and O–H groups in total. The van der Waals surface area contributed by atoms with Crippen LogP contribution in [0.1, 0.15) is 42.8 Å². The number of carbonyl (C=O) groups excluding carboxylic acids is 1. The van der Waals surface area contributed by atoms with Crippen LogP contribution in [0.5, 0.6) is 11.5 Å². The summed E-state index contributed by atoms with van der Waals surface area (Å²) in [6.07, 6.45) is 1.95. The molecule has 1 aromatic carbocycles. The number of nitrogens with zero attached hydrogens (tertiary/aromatic N) is 1. The number of benzene rings is 1. The summed E-state index contributed by atoms with van der Waals surface area (Å²) in [6, 6.07) is 3.82. The number of nitrogens with one attached hydrogen (secondary N) is 1. The van der Waals surface area contributed by atoms with Crippen molar-refractivity contribution < 1.29 is 18.8 Å². The molecule has 6 heteroatoms. The number of anilines is 1. The largest absolute Gasteiger partial charge is 0.492 e. The number of aryl methyl sites for hydroxylation is 2. The van der Waals surface area contributed by atoms with Gasteiger partial charge in [-0.05, 0) is 40.2 Å². The van der Waals surface area contributed by atoms with Gasteiger partial charge in [0, 0.05) is 30.0 Å². The quantitative estimate of drug-likeness (QED) is 0.867. The van der Waals surface area contributed by atoms with Gasteiger partial charge >= 0.3 is 0 Å². The van der Waals surface area contributed by atoms with Crippen LogP contribution in [-0.2, 0) is 17.6 Å². The van der Waals surface area contributed by atoms with Crippen molar-refractivity contribution in [2.24, 2.45) is 0 Å². The molecule has 1 aromatic heterocycles. The summed E-state index contributed by atoms with van der Waals surface area (Å²) >= 11 is 0. The number of carbonyl (C=O) groups is 1. The molecule has 134 valence electrons. The Hall–Kier alpha value is -2.50. The van der Waals surface area contributed by atoms with Gasteiger partial charge in [0.1, 0.15) is 23.4 Å². The summed E-state index contributed by atoms with van der Waals surface area (Å²) in [4.78, 5) is 12.4. The van der Waals surface area contributed by atoms with Gasteiger partial charge in [-0.25, -0.2) is 0 Å². The molecule has 0 unspecified atom stereocenters. The molecular weight excluding hydrogens is 320 g/mol. The van der Waals surface area contributed by atoms with Gasteiger partial charge in [-0.3, -0.25) is 4.79 Å². The van der Waals surface area contributed by atoms with Gasteiger partial charge in [-0.1, -0.05) is 5.16 Å². The number of rotatable bonds is 6. The maximum Gasteiger partial charge on any atom is 0.224 e. The lowest BCUT2D eigenvalue weighted by atomic mass is 10.1. The molecule has 0 aliphatic carbocycles. The summed E-state index contributed by atoms with van der Waals surface area (Å²) in [6.45, 7) is 8.24. The van der Waals surface area contributed by atoms with E-state index in [1.807, 2.05) is 39.8 Å². The van der Waals surface area contributed by atoms with Crippen LogP contribution in [-0.4, -0.2) is 23.8 Å². The van der Waals surface area contributed by atoms with Gasteiger partial charge < -0.3 is 19.3 Å². The van der Waals surface area contributed by atoms with Crippen LogP contribution >= 0.6 is 0 Å². The van der Waals surface area contributed by atoms with E-state index in [-0.39, 0.29) is 12.0 Å². The highest BCUT2D eigenvalue weighted by Gasteiger charge is 2.22. The minimum atomic E-state index is -0.0769. The first kappa shape index (κ1) is 17.3. The molecule has 2 aromatic rings. The van der Waals surface area contributed by atoms with Crippen molar-refractivity contribution in [1.82, 2.24) is 5.16 Å². The summed E-state index contributed by atoms with van der Waals surface area (Å²) in [5.41, 5.74) is 3.59. The average Bonchev–Trinajstić information content (AvgIpc) is 3.07. The van der Waals surface area contributed by atoms with Crippen LogP contribution in [0.3, 0.4) is 0 Å². The van der Waals surface area contributed by atoms with Gasteiger partial charge in [0.05, 0.1) is 18.0 Å². The third-order valence-electron chi connectivity index (χ3n) is 4.36. The van der Waals surface area contributed by atoms with Crippen LogP contribution in [0.4, 0.5) is 5.69 Å². The van der Waals surface area contributed by atoms with E-state index in [1.165, 1.54) is 0 Å². The highest BCUT2D eigenvalue weighted by atomic mass is 16.5. The lowest BCUT2D eigenvalue weighted by Gasteiger charge is -2.13. The molecule has 2 heterocycles. The van der Waals surface area contributed by atoms with Crippen LogP contribution < -0.4 is 14.8 Å². The lowest BCUT2D eigenvalue weighted by molar-refractivity contribution is -0.116. The molecule has 0 saturated carbocycles. The Morgan fingerprint density at radius 1 is 1.40 bits per heavy atom. The van der Waals surface area contributed by atoms with Crippen LogP contribution in [0, 0.1) is 13.8 Å². The Morgan fingerprint density at radius 2 is 2.20 bits per heavy atom. The molecular formula is C19H24N2O4. The number of ether oxygens (including phenoxy) is 2. The lowest BCUT2D eigenvalue weighted by Crippen LogP contribution is -2.14. The standard InChI is InChI=1S/C19H24N2O4/c1-5-23-18-9-14-8-11(2)24-17(14)10-16(18)20-19(22)7-6-15-12(3)21-25-13(15)4/h9-11H,5-8H2,1-4H3,(H,20,22)/t11-/m0/s1. The molecule has 6 nitrogen and oxygen atoms in total. The maximum absolute atomic E-state index is 12.4. The topological polar surface area (TPSA) is 73.6 Å². The van der Waals surface area contributed by atoms with Gasteiger partial charge in [0.15, 0.2) is 0 Å². The second kappa shape index (κ2) is 7.17.